The first-order valence-corrected chi connectivity index (χ1v) is 15.9. The van der Waals surface area contributed by atoms with Crippen LogP contribution in [0.1, 0.15) is 44.9 Å². The van der Waals surface area contributed by atoms with E-state index in [0.29, 0.717) is 30.9 Å². The number of rotatable bonds is 10. The molecular formula is C39H33N7O. The number of nitrogens with one attached hydrogen (secondary N) is 3. The number of carbonyl (C=O) groups excluding carboxylic acids is 1. The van der Waals surface area contributed by atoms with Crippen LogP contribution in [0.2, 0.25) is 0 Å². The summed E-state index contributed by atoms with van der Waals surface area (Å²) >= 11 is 0. The molecule has 0 aliphatic carbocycles. The van der Waals surface area contributed by atoms with Gasteiger partial charge in [-0.05, 0) is 58.1 Å². The fourth-order valence-corrected chi connectivity index (χ4v) is 6.61. The number of hydrogen-bond donors (Lipinski definition) is 3. The molecule has 0 unspecified atom stereocenters. The molecule has 0 bridgehead atoms. The molecule has 0 spiro atoms. The van der Waals surface area contributed by atoms with Crippen LogP contribution in [-0.4, -0.2) is 35.6 Å². The lowest BCUT2D eigenvalue weighted by Gasteiger charge is -2.20. The summed E-state index contributed by atoms with van der Waals surface area (Å²) in [5.41, 5.74) is 6.02. The van der Waals surface area contributed by atoms with E-state index in [0.717, 1.165) is 34.2 Å². The minimum absolute atomic E-state index is 0.254. The highest BCUT2D eigenvalue weighted by Crippen LogP contribution is 2.28. The van der Waals surface area contributed by atoms with E-state index in [-0.39, 0.29) is 5.91 Å². The van der Waals surface area contributed by atoms with Crippen LogP contribution >= 0.6 is 0 Å². The van der Waals surface area contributed by atoms with Gasteiger partial charge in [0, 0.05) is 53.2 Å². The molecule has 3 N–H and O–H groups in total. The smallest absolute Gasteiger partial charge is 0.270 e. The molecule has 0 aliphatic rings. The lowest BCUT2D eigenvalue weighted by atomic mass is 10.0. The number of aryl methyl sites for hydroxylation is 2. The van der Waals surface area contributed by atoms with Gasteiger partial charge >= 0.3 is 0 Å². The predicted molar refractivity (Wildman–Crippen MR) is 185 cm³/mol. The van der Waals surface area contributed by atoms with Crippen molar-refractivity contribution < 1.29 is 4.79 Å². The number of pyridine rings is 1. The Hall–Kier alpha value is -6.02. The maximum Gasteiger partial charge on any atom is 0.270 e. The standard InChI is InChI=1S/C39H33N7O/c47-39(35-18-7-8-21-40-35)43-36(22-29-24-42-34-17-6-4-15-32(29)34)38-45-44-37(20-19-27-23-41-33-16-5-3-14-31(27)33)46(38)25-28-12-9-11-26-10-1-2-13-30(26)28/h1-18,21,23-24,36,41-42H,19-20,22,25H2,(H,43,47)/t36-/m1/s1. The van der Waals surface area contributed by atoms with Crippen molar-refractivity contribution in [3.63, 3.8) is 0 Å². The van der Waals surface area contributed by atoms with Crippen LogP contribution < -0.4 is 5.32 Å². The third-order valence-electron chi connectivity index (χ3n) is 8.97. The van der Waals surface area contributed by atoms with Crippen LogP contribution in [0.4, 0.5) is 0 Å². The van der Waals surface area contributed by atoms with Gasteiger partial charge in [0.05, 0.1) is 12.6 Å². The number of benzene rings is 4. The Bertz CT molecular complexity index is 2330. The zero-order chi connectivity index (χ0) is 31.6. The highest BCUT2D eigenvalue weighted by atomic mass is 16.2. The molecule has 4 aromatic heterocycles. The second-order valence-corrected chi connectivity index (χ2v) is 11.9. The summed E-state index contributed by atoms with van der Waals surface area (Å²) in [7, 11) is 0. The first-order valence-electron chi connectivity index (χ1n) is 15.9. The Balaban J connectivity index is 1.21. The van der Waals surface area contributed by atoms with E-state index in [4.69, 9.17) is 10.2 Å². The molecule has 0 radical (unpaired) electrons. The molecule has 230 valence electrons. The number of hydrogen-bond acceptors (Lipinski definition) is 4. The molecule has 8 rings (SSSR count). The van der Waals surface area contributed by atoms with Crippen LogP contribution in [0.3, 0.4) is 0 Å². The maximum atomic E-state index is 13.6. The summed E-state index contributed by atoms with van der Waals surface area (Å²) in [4.78, 5) is 24.7. The van der Waals surface area contributed by atoms with Crippen LogP contribution in [0.15, 0.2) is 128 Å². The van der Waals surface area contributed by atoms with E-state index in [9.17, 15) is 4.79 Å². The molecule has 1 atom stereocenters. The third kappa shape index (κ3) is 5.66. The molecule has 0 fully saturated rings. The van der Waals surface area contributed by atoms with Crippen molar-refractivity contribution >= 4 is 38.5 Å². The first-order chi connectivity index (χ1) is 23.2. The highest BCUT2D eigenvalue weighted by Gasteiger charge is 2.26. The van der Waals surface area contributed by atoms with Gasteiger partial charge in [0.1, 0.15) is 11.5 Å². The van der Waals surface area contributed by atoms with E-state index in [2.05, 4.69) is 104 Å². The third-order valence-corrected chi connectivity index (χ3v) is 8.97. The van der Waals surface area contributed by atoms with Gasteiger partial charge < -0.3 is 19.9 Å². The van der Waals surface area contributed by atoms with Gasteiger partial charge in [-0.2, -0.15) is 0 Å². The predicted octanol–water partition coefficient (Wildman–Crippen LogP) is 7.34. The van der Waals surface area contributed by atoms with Crippen molar-refractivity contribution in [2.45, 2.75) is 31.8 Å². The molecule has 0 saturated carbocycles. The van der Waals surface area contributed by atoms with Crippen molar-refractivity contribution in [3.05, 3.63) is 162 Å². The van der Waals surface area contributed by atoms with Crippen LogP contribution in [0.5, 0.6) is 0 Å². The van der Waals surface area contributed by atoms with Crippen molar-refractivity contribution in [2.75, 3.05) is 0 Å². The number of carbonyl (C=O) groups is 1. The number of amides is 1. The number of fused-ring (bicyclic) bond motifs is 3. The fourth-order valence-electron chi connectivity index (χ4n) is 6.61. The zero-order valence-corrected chi connectivity index (χ0v) is 25.7. The van der Waals surface area contributed by atoms with Gasteiger partial charge in [0.2, 0.25) is 0 Å². The van der Waals surface area contributed by atoms with E-state index in [1.165, 1.54) is 27.3 Å². The van der Waals surface area contributed by atoms with Crippen molar-refractivity contribution in [2.24, 2.45) is 0 Å². The number of nitrogens with zero attached hydrogens (tertiary/aromatic N) is 4. The van der Waals surface area contributed by atoms with Gasteiger partial charge in [-0.25, -0.2) is 0 Å². The van der Waals surface area contributed by atoms with Crippen molar-refractivity contribution in [1.29, 1.82) is 0 Å². The first kappa shape index (κ1) is 28.5. The summed E-state index contributed by atoms with van der Waals surface area (Å²) in [5.74, 6) is 1.33. The van der Waals surface area contributed by atoms with Gasteiger partial charge in [-0.3, -0.25) is 9.78 Å². The SMILES string of the molecule is O=C(N[C@H](Cc1c[nH]c2ccccc12)c1nnc(CCc2c[nH]c3ccccc23)n1Cc1cccc2ccccc12)c1ccccn1. The highest BCUT2D eigenvalue weighted by molar-refractivity contribution is 5.92. The molecule has 8 heteroatoms. The Morgan fingerprint density at radius 1 is 0.681 bits per heavy atom. The topological polar surface area (TPSA) is 104 Å². The molecule has 4 heterocycles. The minimum Gasteiger partial charge on any atom is -0.361 e. The summed E-state index contributed by atoms with van der Waals surface area (Å²) in [6, 6.07) is 36.3. The molecule has 0 saturated heterocycles. The maximum absolute atomic E-state index is 13.6. The Labute approximate surface area is 271 Å². The summed E-state index contributed by atoms with van der Waals surface area (Å²) in [5, 5.41) is 17.6. The Morgan fingerprint density at radius 2 is 1.36 bits per heavy atom. The second-order valence-electron chi connectivity index (χ2n) is 11.9. The minimum atomic E-state index is -0.465. The van der Waals surface area contributed by atoms with E-state index < -0.39 is 6.04 Å². The van der Waals surface area contributed by atoms with E-state index in [1.807, 2.05) is 30.5 Å². The molecule has 0 aliphatic heterocycles. The van der Waals surface area contributed by atoms with Gasteiger partial charge in [0.25, 0.3) is 5.91 Å². The quantitative estimate of drug-likeness (QED) is 0.150. The lowest BCUT2D eigenvalue weighted by Crippen LogP contribution is -2.33. The normalized spacial score (nSPS) is 12.2. The van der Waals surface area contributed by atoms with Crippen molar-refractivity contribution in [3.8, 4) is 0 Å². The number of aromatic nitrogens is 6. The lowest BCUT2D eigenvalue weighted by molar-refractivity contribution is 0.0929. The average molecular weight is 616 g/mol. The molecule has 1 amide bonds. The molecule has 47 heavy (non-hydrogen) atoms. The second kappa shape index (κ2) is 12.4. The van der Waals surface area contributed by atoms with Crippen LogP contribution in [-0.2, 0) is 25.8 Å². The van der Waals surface area contributed by atoms with E-state index >= 15 is 0 Å². The van der Waals surface area contributed by atoms with Gasteiger partial charge in [0.15, 0.2) is 5.82 Å². The Kier molecular flexibility index (Phi) is 7.51. The van der Waals surface area contributed by atoms with Crippen molar-refractivity contribution in [1.82, 2.24) is 35.0 Å². The van der Waals surface area contributed by atoms with Gasteiger partial charge in [-0.15, -0.1) is 10.2 Å². The average Bonchev–Trinajstić information content (AvgIpc) is 3.85. The summed E-state index contributed by atoms with van der Waals surface area (Å²) in [6.45, 7) is 0.566. The summed E-state index contributed by atoms with van der Waals surface area (Å²) < 4.78 is 2.20. The molecule has 8 aromatic rings. The summed E-state index contributed by atoms with van der Waals surface area (Å²) in [6.07, 6.45) is 7.75. The largest absolute Gasteiger partial charge is 0.361 e. The Morgan fingerprint density at radius 3 is 2.15 bits per heavy atom. The number of H-pyrrole nitrogens is 2. The van der Waals surface area contributed by atoms with E-state index in [1.54, 1.807) is 18.3 Å². The fraction of sp³-hybridized carbons (Fsp3) is 0.128. The number of aromatic amines is 2. The van der Waals surface area contributed by atoms with Gasteiger partial charge in [-0.1, -0.05) is 84.9 Å². The van der Waals surface area contributed by atoms with Crippen LogP contribution in [0.25, 0.3) is 32.6 Å². The van der Waals surface area contributed by atoms with Crippen LogP contribution in [0, 0.1) is 0 Å². The zero-order valence-electron chi connectivity index (χ0n) is 25.7. The molecule has 8 nitrogen and oxygen atoms in total. The molecular weight excluding hydrogens is 582 g/mol. The molecule has 4 aromatic carbocycles. The monoisotopic (exact) mass is 615 g/mol. The number of para-hydroxylation sites is 2.